The number of benzene rings is 1. The van der Waals surface area contributed by atoms with Gasteiger partial charge in [0.1, 0.15) is 11.9 Å². The lowest BCUT2D eigenvalue weighted by atomic mass is 10.2. The number of rotatable bonds is 4. The lowest BCUT2D eigenvalue weighted by molar-refractivity contribution is 0.0605. The summed E-state index contributed by atoms with van der Waals surface area (Å²) in [5.41, 5.74) is 1.09. The van der Waals surface area contributed by atoms with Crippen LogP contribution < -0.4 is 9.64 Å². The fraction of sp³-hybridized carbons (Fsp3) is 0.500. The van der Waals surface area contributed by atoms with Crippen LogP contribution in [0.2, 0.25) is 0 Å². The van der Waals surface area contributed by atoms with Gasteiger partial charge in [0.25, 0.3) is 0 Å². The van der Waals surface area contributed by atoms with Crippen molar-refractivity contribution in [3.8, 4) is 5.75 Å². The standard InChI is InChI=1S/C12H19NO2/c1-9(14)10(2)15-12-7-5-6-11(8-12)13(3)4/h5-10,14H,1-4H3/t9-,10?/m1/s1. The molecule has 0 amide bonds. The second kappa shape index (κ2) is 5.03. The molecule has 0 saturated heterocycles. The summed E-state index contributed by atoms with van der Waals surface area (Å²) in [6, 6.07) is 7.81. The summed E-state index contributed by atoms with van der Waals surface area (Å²) in [7, 11) is 3.97. The fourth-order valence-electron chi connectivity index (χ4n) is 1.15. The van der Waals surface area contributed by atoms with Crippen molar-refractivity contribution in [1.29, 1.82) is 0 Å². The van der Waals surface area contributed by atoms with Crippen LogP contribution in [-0.4, -0.2) is 31.4 Å². The minimum atomic E-state index is -0.465. The van der Waals surface area contributed by atoms with Crippen molar-refractivity contribution < 1.29 is 9.84 Å². The Hall–Kier alpha value is -1.22. The maximum atomic E-state index is 9.33. The first-order valence-electron chi connectivity index (χ1n) is 5.13. The van der Waals surface area contributed by atoms with Crippen molar-refractivity contribution in [2.45, 2.75) is 26.1 Å². The van der Waals surface area contributed by atoms with E-state index in [4.69, 9.17) is 4.74 Å². The van der Waals surface area contributed by atoms with Crippen molar-refractivity contribution in [2.75, 3.05) is 19.0 Å². The van der Waals surface area contributed by atoms with Gasteiger partial charge in [-0.25, -0.2) is 0 Å². The van der Waals surface area contributed by atoms with Gasteiger partial charge >= 0.3 is 0 Å². The van der Waals surface area contributed by atoms with E-state index in [1.165, 1.54) is 0 Å². The Kier molecular flexibility index (Phi) is 3.97. The molecule has 15 heavy (non-hydrogen) atoms. The molecule has 3 nitrogen and oxygen atoms in total. The summed E-state index contributed by atoms with van der Waals surface area (Å²) < 4.78 is 5.59. The number of ether oxygens (including phenoxy) is 1. The number of anilines is 1. The van der Waals surface area contributed by atoms with Gasteiger partial charge < -0.3 is 14.7 Å². The quantitative estimate of drug-likeness (QED) is 0.822. The molecule has 0 aliphatic rings. The Morgan fingerprint density at radius 1 is 1.27 bits per heavy atom. The maximum Gasteiger partial charge on any atom is 0.121 e. The van der Waals surface area contributed by atoms with E-state index < -0.39 is 6.10 Å². The van der Waals surface area contributed by atoms with E-state index in [0.29, 0.717) is 0 Å². The van der Waals surface area contributed by atoms with E-state index in [1.807, 2.05) is 50.2 Å². The first-order chi connectivity index (χ1) is 7.00. The predicted molar refractivity (Wildman–Crippen MR) is 62.5 cm³/mol. The minimum absolute atomic E-state index is 0.192. The monoisotopic (exact) mass is 209 g/mol. The highest BCUT2D eigenvalue weighted by molar-refractivity contribution is 5.49. The molecule has 0 saturated carbocycles. The van der Waals surface area contributed by atoms with Crippen molar-refractivity contribution in [2.24, 2.45) is 0 Å². The Morgan fingerprint density at radius 2 is 1.93 bits per heavy atom. The van der Waals surface area contributed by atoms with Crippen LogP contribution in [0.25, 0.3) is 0 Å². The van der Waals surface area contributed by atoms with E-state index in [-0.39, 0.29) is 6.10 Å². The smallest absolute Gasteiger partial charge is 0.121 e. The highest BCUT2D eigenvalue weighted by Crippen LogP contribution is 2.20. The zero-order valence-electron chi connectivity index (χ0n) is 9.77. The molecule has 0 aromatic heterocycles. The van der Waals surface area contributed by atoms with Gasteiger partial charge in [0, 0.05) is 25.8 Å². The van der Waals surface area contributed by atoms with Crippen molar-refractivity contribution >= 4 is 5.69 Å². The van der Waals surface area contributed by atoms with Crippen LogP contribution >= 0.6 is 0 Å². The molecule has 0 spiro atoms. The molecule has 1 N–H and O–H groups in total. The van der Waals surface area contributed by atoms with Crippen LogP contribution in [0, 0.1) is 0 Å². The maximum absolute atomic E-state index is 9.33. The van der Waals surface area contributed by atoms with Crippen LogP contribution in [-0.2, 0) is 0 Å². The predicted octanol–water partition coefficient (Wildman–Crippen LogP) is 1.90. The summed E-state index contributed by atoms with van der Waals surface area (Å²) in [6.07, 6.45) is -0.657. The molecule has 0 radical (unpaired) electrons. The summed E-state index contributed by atoms with van der Waals surface area (Å²) in [5.74, 6) is 0.787. The Morgan fingerprint density at radius 3 is 2.47 bits per heavy atom. The lowest BCUT2D eigenvalue weighted by Gasteiger charge is -2.19. The summed E-state index contributed by atoms with van der Waals surface area (Å²) in [6.45, 7) is 3.58. The van der Waals surface area contributed by atoms with E-state index in [2.05, 4.69) is 0 Å². The van der Waals surface area contributed by atoms with E-state index >= 15 is 0 Å². The SMILES string of the molecule is CC(Oc1cccc(N(C)C)c1)[C@@H](C)O. The third-order valence-electron chi connectivity index (χ3n) is 2.34. The number of aliphatic hydroxyl groups is 1. The van der Waals surface area contributed by atoms with Crippen LogP contribution in [0.4, 0.5) is 5.69 Å². The fourth-order valence-corrected chi connectivity index (χ4v) is 1.15. The Bertz CT molecular complexity index is 310. The molecule has 2 atom stereocenters. The molecule has 1 aromatic rings. The highest BCUT2D eigenvalue weighted by Gasteiger charge is 2.10. The van der Waals surface area contributed by atoms with Crippen LogP contribution in [0.3, 0.4) is 0 Å². The zero-order chi connectivity index (χ0) is 11.4. The average Bonchev–Trinajstić information content (AvgIpc) is 2.18. The molecule has 84 valence electrons. The van der Waals surface area contributed by atoms with Crippen LogP contribution in [0.5, 0.6) is 5.75 Å². The summed E-state index contributed by atoms with van der Waals surface area (Å²) in [4.78, 5) is 2.01. The second-order valence-electron chi connectivity index (χ2n) is 3.96. The van der Waals surface area contributed by atoms with Gasteiger partial charge in [-0.3, -0.25) is 0 Å². The molecular weight excluding hydrogens is 190 g/mol. The first-order valence-corrected chi connectivity index (χ1v) is 5.13. The third-order valence-corrected chi connectivity index (χ3v) is 2.34. The number of hydrogen-bond acceptors (Lipinski definition) is 3. The van der Waals surface area contributed by atoms with Gasteiger partial charge in [-0.2, -0.15) is 0 Å². The van der Waals surface area contributed by atoms with Gasteiger partial charge in [-0.15, -0.1) is 0 Å². The minimum Gasteiger partial charge on any atom is -0.488 e. The van der Waals surface area contributed by atoms with Crippen molar-refractivity contribution in [3.05, 3.63) is 24.3 Å². The molecule has 0 fully saturated rings. The summed E-state index contributed by atoms with van der Waals surface area (Å²) >= 11 is 0. The van der Waals surface area contributed by atoms with Crippen molar-refractivity contribution in [3.63, 3.8) is 0 Å². The first kappa shape index (κ1) is 11.9. The third kappa shape index (κ3) is 3.44. The topological polar surface area (TPSA) is 32.7 Å². The molecule has 0 aliphatic carbocycles. The Labute approximate surface area is 91.3 Å². The van der Waals surface area contributed by atoms with E-state index in [0.717, 1.165) is 11.4 Å². The van der Waals surface area contributed by atoms with Crippen LogP contribution in [0.1, 0.15) is 13.8 Å². The lowest BCUT2D eigenvalue weighted by Crippen LogP contribution is -2.25. The molecule has 1 rings (SSSR count). The molecule has 0 bridgehead atoms. The number of hydrogen-bond donors (Lipinski definition) is 1. The van der Waals surface area contributed by atoms with Gasteiger partial charge in [0.2, 0.25) is 0 Å². The number of nitrogens with zero attached hydrogens (tertiary/aromatic N) is 1. The second-order valence-corrected chi connectivity index (χ2v) is 3.96. The van der Waals surface area contributed by atoms with Gasteiger partial charge in [0.05, 0.1) is 6.10 Å². The molecule has 0 aliphatic heterocycles. The molecule has 1 aromatic carbocycles. The number of aliphatic hydroxyl groups excluding tert-OH is 1. The molecule has 0 heterocycles. The van der Waals surface area contributed by atoms with Gasteiger partial charge in [-0.1, -0.05) is 6.07 Å². The summed E-state index contributed by atoms with van der Waals surface area (Å²) in [5, 5.41) is 9.33. The zero-order valence-corrected chi connectivity index (χ0v) is 9.77. The molecular formula is C12H19NO2. The Balaban J connectivity index is 2.73. The van der Waals surface area contributed by atoms with E-state index in [1.54, 1.807) is 6.92 Å². The normalized spacial score (nSPS) is 14.5. The average molecular weight is 209 g/mol. The van der Waals surface area contributed by atoms with Gasteiger partial charge in [-0.05, 0) is 26.0 Å². The highest BCUT2D eigenvalue weighted by atomic mass is 16.5. The van der Waals surface area contributed by atoms with Gasteiger partial charge in [0.15, 0.2) is 0 Å². The van der Waals surface area contributed by atoms with Crippen molar-refractivity contribution in [1.82, 2.24) is 0 Å². The molecule has 3 heteroatoms. The van der Waals surface area contributed by atoms with Crippen LogP contribution in [0.15, 0.2) is 24.3 Å². The van der Waals surface area contributed by atoms with E-state index in [9.17, 15) is 5.11 Å². The molecule has 1 unspecified atom stereocenters. The largest absolute Gasteiger partial charge is 0.488 e.